The number of rotatable bonds is 6. The van der Waals surface area contributed by atoms with Crippen molar-refractivity contribution in [3.8, 4) is 5.75 Å². The molecule has 2 N–H and O–H groups in total. The molecule has 7 nitrogen and oxygen atoms in total. The zero-order chi connectivity index (χ0) is 22.7. The highest BCUT2D eigenvalue weighted by molar-refractivity contribution is 5.95. The van der Waals surface area contributed by atoms with Gasteiger partial charge in [-0.1, -0.05) is 32.0 Å². The molecular formula is C25H31N3O4. The maximum atomic E-state index is 13.0. The zero-order valence-corrected chi connectivity index (χ0v) is 18.8. The number of hydrogen-bond donors (Lipinski definition) is 2. The molecule has 2 aromatic rings. The van der Waals surface area contributed by atoms with Crippen molar-refractivity contribution in [3.05, 3.63) is 63.1 Å². The van der Waals surface area contributed by atoms with Crippen molar-refractivity contribution in [2.24, 2.45) is 11.8 Å². The lowest BCUT2D eigenvalue weighted by atomic mass is 9.95. The molecule has 0 radical (unpaired) electrons. The van der Waals surface area contributed by atoms with Crippen molar-refractivity contribution in [2.75, 3.05) is 19.7 Å². The van der Waals surface area contributed by atoms with Crippen LogP contribution < -0.4 is 15.6 Å². The Morgan fingerprint density at radius 1 is 1.25 bits per heavy atom. The lowest BCUT2D eigenvalue weighted by Crippen LogP contribution is -2.41. The second kappa shape index (κ2) is 9.59. The number of H-pyrrole nitrogens is 1. The molecule has 0 fully saturated rings. The van der Waals surface area contributed by atoms with Crippen LogP contribution in [0, 0.1) is 11.8 Å². The summed E-state index contributed by atoms with van der Waals surface area (Å²) < 4.78 is 5.80. The lowest BCUT2D eigenvalue weighted by molar-refractivity contribution is -0.132. The number of nitrogens with zero attached hydrogens (tertiary/aromatic N) is 1. The van der Waals surface area contributed by atoms with Gasteiger partial charge < -0.3 is 19.9 Å². The van der Waals surface area contributed by atoms with Gasteiger partial charge in [0.2, 0.25) is 5.91 Å². The number of pyridine rings is 1. The average molecular weight is 438 g/mol. The van der Waals surface area contributed by atoms with Crippen LogP contribution in [0.3, 0.4) is 0 Å². The second-order valence-electron chi connectivity index (χ2n) is 9.19. The van der Waals surface area contributed by atoms with Gasteiger partial charge in [-0.15, -0.1) is 0 Å². The first-order valence-corrected chi connectivity index (χ1v) is 11.4. The molecule has 0 saturated carbocycles. The van der Waals surface area contributed by atoms with Gasteiger partial charge in [0.1, 0.15) is 11.3 Å². The number of nitrogens with one attached hydrogen (secondary N) is 2. The Morgan fingerprint density at radius 2 is 2.06 bits per heavy atom. The molecule has 1 aromatic heterocycles. The lowest BCUT2D eigenvalue weighted by Gasteiger charge is -2.30. The van der Waals surface area contributed by atoms with Gasteiger partial charge in [-0.3, -0.25) is 14.4 Å². The summed E-state index contributed by atoms with van der Waals surface area (Å²) in [6, 6.07) is 7.92. The van der Waals surface area contributed by atoms with E-state index in [9.17, 15) is 14.4 Å². The normalized spacial score (nSPS) is 17.3. The van der Waals surface area contributed by atoms with E-state index in [-0.39, 0.29) is 28.9 Å². The van der Waals surface area contributed by atoms with E-state index >= 15 is 0 Å². The summed E-state index contributed by atoms with van der Waals surface area (Å²) in [7, 11) is 0. The highest BCUT2D eigenvalue weighted by Gasteiger charge is 2.27. The zero-order valence-electron chi connectivity index (χ0n) is 18.8. The molecule has 7 heteroatoms. The number of carbonyl (C=O) groups excluding carboxylic acids is 2. The van der Waals surface area contributed by atoms with Gasteiger partial charge in [-0.2, -0.15) is 0 Å². The van der Waals surface area contributed by atoms with Gasteiger partial charge in [-0.05, 0) is 47.9 Å². The molecule has 1 aromatic carbocycles. The molecule has 2 aliphatic rings. The van der Waals surface area contributed by atoms with Crippen LogP contribution in [0.15, 0.2) is 35.3 Å². The molecule has 0 spiro atoms. The number of hydrogen-bond acceptors (Lipinski definition) is 4. The molecule has 0 aliphatic carbocycles. The summed E-state index contributed by atoms with van der Waals surface area (Å²) in [5.74, 6) is 1.30. The van der Waals surface area contributed by atoms with Crippen LogP contribution in [-0.2, 0) is 24.2 Å². The molecule has 2 aliphatic heterocycles. The van der Waals surface area contributed by atoms with E-state index in [1.807, 2.05) is 29.2 Å². The van der Waals surface area contributed by atoms with Crippen molar-refractivity contribution in [3.63, 3.8) is 0 Å². The fourth-order valence-corrected chi connectivity index (χ4v) is 4.44. The topological polar surface area (TPSA) is 91.5 Å². The van der Waals surface area contributed by atoms with E-state index in [0.29, 0.717) is 45.0 Å². The van der Waals surface area contributed by atoms with Crippen LogP contribution in [0.25, 0.3) is 0 Å². The minimum absolute atomic E-state index is 0.124. The highest BCUT2D eigenvalue weighted by atomic mass is 16.5. The van der Waals surface area contributed by atoms with Gasteiger partial charge in [0.05, 0.1) is 6.61 Å². The SMILES string of the molecule is CC(C)CCC(=O)N1CCc2c(c[nH]c(=O)c2C(=O)NCC2COc3ccccc3C2)C1. The highest BCUT2D eigenvalue weighted by Crippen LogP contribution is 2.26. The Bertz CT molecular complexity index is 1060. The fraction of sp³-hybridized carbons (Fsp3) is 0.480. The molecule has 0 saturated heterocycles. The number of para-hydroxylation sites is 1. The van der Waals surface area contributed by atoms with Gasteiger partial charge in [-0.25, -0.2) is 0 Å². The number of aromatic amines is 1. The fourth-order valence-electron chi connectivity index (χ4n) is 4.44. The minimum Gasteiger partial charge on any atom is -0.493 e. The maximum Gasteiger partial charge on any atom is 0.261 e. The van der Waals surface area contributed by atoms with E-state index in [4.69, 9.17) is 4.74 Å². The number of aromatic nitrogens is 1. The third kappa shape index (κ3) is 4.87. The Labute approximate surface area is 188 Å². The van der Waals surface area contributed by atoms with Gasteiger partial charge in [0, 0.05) is 38.2 Å². The van der Waals surface area contributed by atoms with Gasteiger partial charge >= 0.3 is 0 Å². The largest absolute Gasteiger partial charge is 0.493 e. The van der Waals surface area contributed by atoms with Gasteiger partial charge in [0.25, 0.3) is 11.5 Å². The minimum atomic E-state index is -0.383. The molecule has 1 atom stereocenters. The van der Waals surface area contributed by atoms with Crippen LogP contribution in [0.2, 0.25) is 0 Å². The average Bonchev–Trinajstić information content (AvgIpc) is 2.80. The number of carbonyl (C=O) groups is 2. The molecule has 170 valence electrons. The summed E-state index contributed by atoms with van der Waals surface area (Å²) >= 11 is 0. The first-order chi connectivity index (χ1) is 15.4. The van der Waals surface area contributed by atoms with Crippen LogP contribution in [0.5, 0.6) is 5.75 Å². The monoisotopic (exact) mass is 437 g/mol. The van der Waals surface area contributed by atoms with E-state index in [1.54, 1.807) is 6.20 Å². The molecule has 32 heavy (non-hydrogen) atoms. The Balaban J connectivity index is 1.41. The summed E-state index contributed by atoms with van der Waals surface area (Å²) in [5.41, 5.74) is 2.52. The molecule has 1 unspecified atom stereocenters. The maximum absolute atomic E-state index is 13.0. The summed E-state index contributed by atoms with van der Waals surface area (Å²) in [6.07, 6.45) is 4.36. The molecule has 0 bridgehead atoms. The number of benzene rings is 1. The van der Waals surface area contributed by atoms with Crippen LogP contribution in [0.1, 0.15) is 53.7 Å². The molecule has 3 heterocycles. The quantitative estimate of drug-likeness (QED) is 0.727. The smallest absolute Gasteiger partial charge is 0.261 e. The first kappa shape index (κ1) is 22.1. The predicted octanol–water partition coefficient (Wildman–Crippen LogP) is 2.68. The molecule has 4 rings (SSSR count). The van der Waals surface area contributed by atoms with E-state index in [0.717, 1.165) is 35.3 Å². The number of ether oxygens (including phenoxy) is 1. The third-order valence-electron chi connectivity index (χ3n) is 6.31. The Morgan fingerprint density at radius 3 is 2.88 bits per heavy atom. The molecular weight excluding hydrogens is 406 g/mol. The van der Waals surface area contributed by atoms with Crippen molar-refractivity contribution in [1.82, 2.24) is 15.2 Å². The number of fused-ring (bicyclic) bond motifs is 2. The van der Waals surface area contributed by atoms with Crippen molar-refractivity contribution in [2.45, 2.75) is 46.1 Å². The molecule has 2 amide bonds. The van der Waals surface area contributed by atoms with Crippen LogP contribution in [-0.4, -0.2) is 41.4 Å². The number of amides is 2. The van der Waals surface area contributed by atoms with E-state index < -0.39 is 0 Å². The van der Waals surface area contributed by atoms with E-state index in [1.165, 1.54) is 0 Å². The summed E-state index contributed by atoms with van der Waals surface area (Å²) in [5, 5.41) is 2.94. The Kier molecular flexibility index (Phi) is 6.63. The van der Waals surface area contributed by atoms with Crippen molar-refractivity contribution in [1.29, 1.82) is 0 Å². The first-order valence-electron chi connectivity index (χ1n) is 11.4. The predicted molar refractivity (Wildman–Crippen MR) is 122 cm³/mol. The Hall–Kier alpha value is -3.09. The van der Waals surface area contributed by atoms with Crippen molar-refractivity contribution < 1.29 is 14.3 Å². The second-order valence-corrected chi connectivity index (χ2v) is 9.19. The summed E-state index contributed by atoms with van der Waals surface area (Å²) in [4.78, 5) is 42.5. The van der Waals surface area contributed by atoms with Crippen LogP contribution in [0.4, 0.5) is 0 Å². The van der Waals surface area contributed by atoms with Gasteiger partial charge in [0.15, 0.2) is 0 Å². The van der Waals surface area contributed by atoms with Crippen LogP contribution >= 0.6 is 0 Å². The summed E-state index contributed by atoms with van der Waals surface area (Å²) in [6.45, 7) is 6.14. The van der Waals surface area contributed by atoms with Crippen molar-refractivity contribution >= 4 is 11.8 Å². The third-order valence-corrected chi connectivity index (χ3v) is 6.31. The standard InChI is InChI=1S/C25H31N3O4/c1-16(2)7-8-22(29)28-10-9-20-19(14-28)13-27-25(31)23(20)24(30)26-12-17-11-18-5-3-4-6-21(18)32-15-17/h3-6,13,16-17H,7-12,14-15H2,1-2H3,(H,26,30)(H,27,31). The van der Waals surface area contributed by atoms with E-state index in [2.05, 4.69) is 24.1 Å².